The van der Waals surface area contributed by atoms with E-state index >= 15 is 0 Å². The van der Waals surface area contributed by atoms with E-state index in [0.717, 1.165) is 26.1 Å². The lowest BCUT2D eigenvalue weighted by atomic mass is 10.2. The highest BCUT2D eigenvalue weighted by Gasteiger charge is 1.99. The van der Waals surface area contributed by atoms with Gasteiger partial charge in [0.05, 0.1) is 0 Å². The van der Waals surface area contributed by atoms with Crippen LogP contribution in [0.25, 0.3) is 0 Å². The van der Waals surface area contributed by atoms with Crippen molar-refractivity contribution in [2.24, 2.45) is 0 Å². The van der Waals surface area contributed by atoms with Gasteiger partial charge in [0.2, 0.25) is 5.91 Å². The molecule has 0 aliphatic rings. The van der Waals surface area contributed by atoms with E-state index < -0.39 is 0 Å². The van der Waals surface area contributed by atoms with Gasteiger partial charge in [-0.3, -0.25) is 4.79 Å². The first kappa shape index (κ1) is 15.1. The van der Waals surface area contributed by atoms with Crippen LogP contribution in [0.4, 0.5) is 0 Å². The summed E-state index contributed by atoms with van der Waals surface area (Å²) < 4.78 is 0. The van der Waals surface area contributed by atoms with Gasteiger partial charge >= 0.3 is 0 Å². The summed E-state index contributed by atoms with van der Waals surface area (Å²) in [5, 5.41) is 6.14. The van der Waals surface area contributed by atoms with Gasteiger partial charge < -0.3 is 10.6 Å². The van der Waals surface area contributed by atoms with Gasteiger partial charge in [-0.15, -0.1) is 11.8 Å². The van der Waals surface area contributed by atoms with Crippen LogP contribution < -0.4 is 10.6 Å². The van der Waals surface area contributed by atoms with Crippen molar-refractivity contribution in [1.82, 2.24) is 10.6 Å². The third-order valence-corrected chi connectivity index (χ3v) is 3.33. The van der Waals surface area contributed by atoms with Crippen molar-refractivity contribution >= 4 is 17.7 Å². The molecular formula is C14H22N2OS. The Balaban J connectivity index is 2.15. The normalized spacial score (nSPS) is 10.3. The number of nitrogens with one attached hydrogen (secondary N) is 2. The first-order valence-electron chi connectivity index (χ1n) is 6.36. The monoisotopic (exact) mass is 266 g/mol. The molecule has 0 fully saturated rings. The van der Waals surface area contributed by atoms with Gasteiger partial charge in [0.1, 0.15) is 0 Å². The Morgan fingerprint density at radius 1 is 1.22 bits per heavy atom. The minimum atomic E-state index is 0.127. The van der Waals surface area contributed by atoms with Gasteiger partial charge in [-0.1, -0.05) is 19.1 Å². The van der Waals surface area contributed by atoms with Crippen LogP contribution in [0.5, 0.6) is 0 Å². The molecule has 1 amide bonds. The molecule has 1 aromatic carbocycles. The number of rotatable bonds is 8. The minimum Gasteiger partial charge on any atom is -0.356 e. The zero-order chi connectivity index (χ0) is 13.2. The molecule has 0 saturated carbocycles. The number of benzene rings is 1. The maximum absolute atomic E-state index is 11.3. The summed E-state index contributed by atoms with van der Waals surface area (Å²) in [6, 6.07) is 8.48. The van der Waals surface area contributed by atoms with Crippen molar-refractivity contribution in [2.75, 3.05) is 19.3 Å². The quantitative estimate of drug-likeness (QED) is 0.561. The summed E-state index contributed by atoms with van der Waals surface area (Å²) in [4.78, 5) is 12.6. The maximum Gasteiger partial charge on any atom is 0.221 e. The molecular weight excluding hydrogens is 244 g/mol. The van der Waals surface area contributed by atoms with Crippen molar-refractivity contribution in [3.8, 4) is 0 Å². The van der Waals surface area contributed by atoms with Crippen molar-refractivity contribution < 1.29 is 4.79 Å². The number of hydrogen-bond donors (Lipinski definition) is 2. The van der Waals surface area contributed by atoms with E-state index in [0.29, 0.717) is 6.42 Å². The van der Waals surface area contributed by atoms with Crippen LogP contribution in [0.2, 0.25) is 0 Å². The molecule has 3 nitrogen and oxygen atoms in total. The van der Waals surface area contributed by atoms with Gasteiger partial charge in [0.15, 0.2) is 0 Å². The second-order valence-corrected chi connectivity index (χ2v) is 5.00. The number of carbonyl (C=O) groups excluding carboxylic acids is 1. The van der Waals surface area contributed by atoms with Crippen LogP contribution in [0, 0.1) is 0 Å². The third kappa shape index (κ3) is 6.07. The van der Waals surface area contributed by atoms with Gasteiger partial charge in [-0.2, -0.15) is 0 Å². The first-order valence-corrected chi connectivity index (χ1v) is 7.59. The summed E-state index contributed by atoms with van der Waals surface area (Å²) in [6.45, 7) is 4.36. The molecule has 100 valence electrons. The zero-order valence-corrected chi connectivity index (χ0v) is 12.0. The van der Waals surface area contributed by atoms with E-state index in [1.807, 2.05) is 0 Å². The highest BCUT2D eigenvalue weighted by atomic mass is 32.2. The lowest BCUT2D eigenvalue weighted by molar-refractivity contribution is -0.120. The molecule has 0 radical (unpaired) electrons. The van der Waals surface area contributed by atoms with Gasteiger partial charge in [-0.25, -0.2) is 0 Å². The molecule has 0 saturated heterocycles. The van der Waals surface area contributed by atoms with Crippen molar-refractivity contribution in [2.45, 2.75) is 31.2 Å². The van der Waals surface area contributed by atoms with E-state index in [2.05, 4.69) is 48.1 Å². The molecule has 0 unspecified atom stereocenters. The Morgan fingerprint density at radius 3 is 2.56 bits per heavy atom. The van der Waals surface area contributed by atoms with Crippen molar-refractivity contribution in [3.63, 3.8) is 0 Å². The number of amides is 1. The Kier molecular flexibility index (Phi) is 7.53. The van der Waals surface area contributed by atoms with Crippen LogP contribution in [0.3, 0.4) is 0 Å². The minimum absolute atomic E-state index is 0.127. The second kappa shape index (κ2) is 9.00. The SMILES string of the molecule is CCCNC(=O)CCNCc1ccc(SC)cc1. The summed E-state index contributed by atoms with van der Waals surface area (Å²) in [5.74, 6) is 0.127. The molecule has 2 N–H and O–H groups in total. The molecule has 4 heteroatoms. The summed E-state index contributed by atoms with van der Waals surface area (Å²) in [5.41, 5.74) is 1.25. The highest BCUT2D eigenvalue weighted by molar-refractivity contribution is 7.98. The molecule has 0 heterocycles. The molecule has 0 spiro atoms. The summed E-state index contributed by atoms with van der Waals surface area (Å²) in [7, 11) is 0. The summed E-state index contributed by atoms with van der Waals surface area (Å²) >= 11 is 1.74. The molecule has 1 rings (SSSR count). The molecule has 1 aromatic rings. The average Bonchev–Trinajstić information content (AvgIpc) is 2.42. The summed E-state index contributed by atoms with van der Waals surface area (Å²) in [6.07, 6.45) is 3.60. The number of thioether (sulfide) groups is 1. The fraction of sp³-hybridized carbons (Fsp3) is 0.500. The van der Waals surface area contributed by atoms with Crippen LogP contribution in [0.1, 0.15) is 25.3 Å². The fourth-order valence-corrected chi connectivity index (χ4v) is 1.94. The van der Waals surface area contributed by atoms with E-state index in [1.165, 1.54) is 10.5 Å². The third-order valence-electron chi connectivity index (χ3n) is 2.59. The van der Waals surface area contributed by atoms with Crippen LogP contribution in [-0.2, 0) is 11.3 Å². The second-order valence-electron chi connectivity index (χ2n) is 4.12. The predicted octanol–water partition coefficient (Wildman–Crippen LogP) is 2.41. The fourth-order valence-electron chi connectivity index (χ4n) is 1.53. The molecule has 0 atom stereocenters. The Hall–Kier alpha value is -1.00. The zero-order valence-electron chi connectivity index (χ0n) is 11.2. The first-order chi connectivity index (χ1) is 8.76. The highest BCUT2D eigenvalue weighted by Crippen LogP contribution is 2.14. The van der Waals surface area contributed by atoms with Crippen LogP contribution in [0.15, 0.2) is 29.2 Å². The average molecular weight is 266 g/mol. The Bertz CT molecular complexity index is 351. The smallest absolute Gasteiger partial charge is 0.221 e. The Labute approximate surface area is 114 Å². The predicted molar refractivity (Wildman–Crippen MR) is 77.8 cm³/mol. The van der Waals surface area contributed by atoms with Crippen LogP contribution >= 0.6 is 11.8 Å². The van der Waals surface area contributed by atoms with Gasteiger partial charge in [0.25, 0.3) is 0 Å². The number of carbonyl (C=O) groups is 1. The number of hydrogen-bond acceptors (Lipinski definition) is 3. The van der Waals surface area contributed by atoms with Crippen molar-refractivity contribution in [3.05, 3.63) is 29.8 Å². The lowest BCUT2D eigenvalue weighted by Crippen LogP contribution is -2.27. The lowest BCUT2D eigenvalue weighted by Gasteiger charge is -2.06. The molecule has 18 heavy (non-hydrogen) atoms. The van der Waals surface area contributed by atoms with Gasteiger partial charge in [0, 0.05) is 31.0 Å². The van der Waals surface area contributed by atoms with E-state index in [1.54, 1.807) is 11.8 Å². The van der Waals surface area contributed by atoms with Gasteiger partial charge in [-0.05, 0) is 30.4 Å². The topological polar surface area (TPSA) is 41.1 Å². The molecule has 0 bridgehead atoms. The largest absolute Gasteiger partial charge is 0.356 e. The van der Waals surface area contributed by atoms with Crippen molar-refractivity contribution in [1.29, 1.82) is 0 Å². The molecule has 0 aliphatic carbocycles. The Morgan fingerprint density at radius 2 is 1.94 bits per heavy atom. The molecule has 0 aromatic heterocycles. The standard InChI is InChI=1S/C14H22N2OS/c1-3-9-16-14(17)8-10-15-11-12-4-6-13(18-2)7-5-12/h4-7,15H,3,8-11H2,1-2H3,(H,16,17). The maximum atomic E-state index is 11.3. The van der Waals surface area contributed by atoms with Crippen LogP contribution in [-0.4, -0.2) is 25.3 Å². The van der Waals surface area contributed by atoms with E-state index in [-0.39, 0.29) is 5.91 Å². The van der Waals surface area contributed by atoms with E-state index in [4.69, 9.17) is 0 Å². The van der Waals surface area contributed by atoms with E-state index in [9.17, 15) is 4.79 Å². The molecule has 0 aliphatic heterocycles.